The highest BCUT2D eigenvalue weighted by Gasteiger charge is 2.43. The molecule has 2 heterocycles. The maximum atomic E-state index is 6.70. The van der Waals surface area contributed by atoms with Crippen molar-refractivity contribution in [2.45, 2.75) is 0 Å². The molecule has 0 atom stereocenters. The van der Waals surface area contributed by atoms with E-state index in [0.29, 0.717) is 5.89 Å². The summed E-state index contributed by atoms with van der Waals surface area (Å²) < 4.78 is 13.3. The third-order valence-electron chi connectivity index (χ3n) is 12.4. The van der Waals surface area contributed by atoms with Gasteiger partial charge in [0.25, 0.3) is 0 Å². The van der Waals surface area contributed by atoms with Gasteiger partial charge in [-0.15, -0.1) is 0 Å². The van der Waals surface area contributed by atoms with Crippen LogP contribution in [0.25, 0.3) is 66.0 Å². The number of aromatic nitrogens is 1. The summed E-state index contributed by atoms with van der Waals surface area (Å²) in [6.45, 7) is 0. The van der Waals surface area contributed by atoms with E-state index in [4.69, 9.17) is 13.8 Å². The fraction of sp³-hybridized carbons (Fsp3) is 0. The highest BCUT2D eigenvalue weighted by atomic mass is 28.3. The van der Waals surface area contributed by atoms with Crippen LogP contribution in [-0.2, 0) is 0 Å². The van der Waals surface area contributed by atoms with E-state index in [0.717, 1.165) is 77.2 Å². The molecule has 2 aromatic heterocycles. The SMILES string of the molecule is c1ccc(-c2nc3ccc4ccc5ccc(N(c6ccc7c(c6)oc6ccccc67)c6ccccc6[Si](c6ccccc6)(c6ccccc6)c6ccccc6)cc5c4c3o2)cc1. The summed E-state index contributed by atoms with van der Waals surface area (Å²) in [5.41, 5.74) is 7.39. The Hall–Kier alpha value is -7.99. The van der Waals surface area contributed by atoms with E-state index < -0.39 is 8.07 Å². The highest BCUT2D eigenvalue weighted by molar-refractivity contribution is 7.20. The van der Waals surface area contributed by atoms with Gasteiger partial charge in [-0.25, -0.2) is 4.98 Å². The maximum absolute atomic E-state index is 6.70. The topological polar surface area (TPSA) is 42.4 Å². The first kappa shape index (κ1) is 35.9. The van der Waals surface area contributed by atoms with Crippen LogP contribution < -0.4 is 25.6 Å². The van der Waals surface area contributed by atoms with Crippen molar-refractivity contribution >= 4 is 100 Å². The van der Waals surface area contributed by atoms with Gasteiger partial charge in [0.1, 0.15) is 16.7 Å². The first-order valence-corrected chi connectivity index (χ1v) is 23.0. The summed E-state index contributed by atoms with van der Waals surface area (Å²) in [7, 11) is -3.00. The van der Waals surface area contributed by atoms with Gasteiger partial charge in [0, 0.05) is 44.9 Å². The van der Waals surface area contributed by atoms with Gasteiger partial charge in [0.2, 0.25) is 5.89 Å². The number of hydrogen-bond donors (Lipinski definition) is 0. The molecule has 0 fully saturated rings. The van der Waals surface area contributed by atoms with Gasteiger partial charge in [-0.2, -0.15) is 0 Å². The zero-order valence-electron chi connectivity index (χ0n) is 33.7. The van der Waals surface area contributed by atoms with Gasteiger partial charge in [-0.3, -0.25) is 0 Å². The molecule has 0 amide bonds. The average molecular weight is 811 g/mol. The van der Waals surface area contributed by atoms with Crippen LogP contribution in [0.5, 0.6) is 0 Å². The highest BCUT2D eigenvalue weighted by Crippen LogP contribution is 2.42. The second-order valence-electron chi connectivity index (χ2n) is 15.8. The van der Waals surface area contributed by atoms with Crippen molar-refractivity contribution in [1.82, 2.24) is 4.98 Å². The summed E-state index contributed by atoms with van der Waals surface area (Å²) in [4.78, 5) is 7.42. The smallest absolute Gasteiger partial charge is 0.227 e. The first-order valence-electron chi connectivity index (χ1n) is 21.0. The fourth-order valence-corrected chi connectivity index (χ4v) is 14.6. The molecule has 10 aromatic carbocycles. The number of rotatable bonds is 8. The molecule has 0 saturated heterocycles. The predicted octanol–water partition coefficient (Wildman–Crippen LogP) is 12.5. The van der Waals surface area contributed by atoms with Crippen LogP contribution in [0.4, 0.5) is 17.1 Å². The largest absolute Gasteiger partial charge is 0.456 e. The summed E-state index contributed by atoms with van der Waals surface area (Å²) in [5.74, 6) is 0.611. The van der Waals surface area contributed by atoms with Crippen LogP contribution in [0, 0.1) is 0 Å². The molecule has 0 saturated carbocycles. The van der Waals surface area contributed by atoms with E-state index >= 15 is 0 Å². The molecular weight excluding hydrogens is 773 g/mol. The molecule has 0 spiro atoms. The minimum Gasteiger partial charge on any atom is -0.456 e. The Balaban J connectivity index is 1.17. The normalized spacial score (nSPS) is 11.9. The molecule has 12 aromatic rings. The van der Waals surface area contributed by atoms with Gasteiger partial charge < -0.3 is 13.7 Å². The summed E-state index contributed by atoms with van der Waals surface area (Å²) in [5, 5.41) is 11.7. The fourth-order valence-electron chi connectivity index (χ4n) is 9.65. The Kier molecular flexibility index (Phi) is 8.47. The predicted molar refractivity (Wildman–Crippen MR) is 260 cm³/mol. The van der Waals surface area contributed by atoms with Crippen LogP contribution in [0.2, 0.25) is 0 Å². The lowest BCUT2D eigenvalue weighted by Crippen LogP contribution is -2.75. The van der Waals surface area contributed by atoms with Gasteiger partial charge in [0.05, 0.1) is 0 Å². The number of fused-ring (bicyclic) bond motifs is 8. The average Bonchev–Trinajstić information content (AvgIpc) is 3.96. The van der Waals surface area contributed by atoms with E-state index in [9.17, 15) is 0 Å². The summed E-state index contributed by atoms with van der Waals surface area (Å²) in [6.07, 6.45) is 0. The zero-order chi connectivity index (χ0) is 41.0. The van der Waals surface area contributed by atoms with E-state index in [-0.39, 0.29) is 0 Å². The van der Waals surface area contributed by atoms with E-state index in [1.807, 2.05) is 42.5 Å². The Morgan fingerprint density at radius 3 is 1.68 bits per heavy atom. The van der Waals surface area contributed by atoms with Gasteiger partial charge in [-0.1, -0.05) is 170 Å². The number of anilines is 3. The molecule has 4 nitrogen and oxygen atoms in total. The lowest BCUT2D eigenvalue weighted by Gasteiger charge is -2.38. The number of para-hydroxylation sites is 2. The van der Waals surface area contributed by atoms with Crippen LogP contribution in [0.15, 0.2) is 239 Å². The molecule has 0 aliphatic heterocycles. The Labute approximate surface area is 359 Å². The van der Waals surface area contributed by atoms with Gasteiger partial charge >= 0.3 is 0 Å². The van der Waals surface area contributed by atoms with Crippen LogP contribution in [0.3, 0.4) is 0 Å². The van der Waals surface area contributed by atoms with Gasteiger partial charge in [0.15, 0.2) is 13.7 Å². The number of hydrogen-bond acceptors (Lipinski definition) is 4. The van der Waals surface area contributed by atoms with E-state index in [1.165, 1.54) is 20.7 Å². The van der Waals surface area contributed by atoms with Crippen LogP contribution >= 0.6 is 0 Å². The molecule has 0 radical (unpaired) electrons. The minimum atomic E-state index is -3.00. The second kappa shape index (κ2) is 14.6. The third kappa shape index (κ3) is 5.70. The lowest BCUT2D eigenvalue weighted by atomic mass is 10.00. The van der Waals surface area contributed by atoms with Gasteiger partial charge in [-0.05, 0) is 91.5 Å². The number of nitrogens with zero attached hydrogens (tertiary/aromatic N) is 2. The molecule has 12 rings (SSSR count). The molecule has 0 bridgehead atoms. The van der Waals surface area contributed by atoms with Crippen molar-refractivity contribution < 1.29 is 8.83 Å². The summed E-state index contributed by atoms with van der Waals surface area (Å²) in [6, 6.07) is 82.9. The monoisotopic (exact) mass is 810 g/mol. The third-order valence-corrected chi connectivity index (χ3v) is 17.2. The van der Waals surface area contributed by atoms with Crippen molar-refractivity contribution in [3.63, 3.8) is 0 Å². The molecule has 0 aliphatic carbocycles. The van der Waals surface area contributed by atoms with E-state index in [1.54, 1.807) is 0 Å². The quantitative estimate of drug-likeness (QED) is 0.0871. The van der Waals surface area contributed by atoms with Crippen molar-refractivity contribution in [2.24, 2.45) is 0 Å². The molecular formula is C57H38N2O2Si. The first-order chi connectivity index (χ1) is 30.7. The number of oxazole rings is 1. The molecule has 5 heteroatoms. The molecule has 62 heavy (non-hydrogen) atoms. The van der Waals surface area contributed by atoms with Crippen molar-refractivity contribution in [3.8, 4) is 11.5 Å². The van der Waals surface area contributed by atoms with Crippen LogP contribution in [0.1, 0.15) is 0 Å². The molecule has 0 N–H and O–H groups in total. The number of furan rings is 1. The Morgan fingerprint density at radius 2 is 0.952 bits per heavy atom. The van der Waals surface area contributed by atoms with E-state index in [2.05, 4.69) is 193 Å². The van der Waals surface area contributed by atoms with Crippen molar-refractivity contribution in [3.05, 3.63) is 231 Å². The molecule has 292 valence electrons. The van der Waals surface area contributed by atoms with Crippen molar-refractivity contribution in [2.75, 3.05) is 4.90 Å². The minimum absolute atomic E-state index is 0.611. The lowest BCUT2D eigenvalue weighted by molar-refractivity contribution is 0.623. The standard InChI is InChI=1S/C57H38N2O2Si/c1-5-17-41(18-6-1)57-58-50-36-32-40-30-29-39-31-33-42(37-49(39)55(40)56(50)61-57)59(43-34-35-48-47-25-13-15-27-52(47)60-53(48)38-43)51-26-14-16-28-54(51)62(44-19-7-2-8-20-44,45-21-9-3-10-22-45)46-23-11-4-12-24-46/h1-38H. The Bertz CT molecular complexity index is 3490. The second-order valence-corrected chi connectivity index (χ2v) is 19.6. The zero-order valence-corrected chi connectivity index (χ0v) is 34.7. The molecule has 0 unspecified atom stereocenters. The van der Waals surface area contributed by atoms with Crippen LogP contribution in [-0.4, -0.2) is 13.1 Å². The van der Waals surface area contributed by atoms with Crippen molar-refractivity contribution in [1.29, 1.82) is 0 Å². The Morgan fingerprint density at radius 1 is 0.403 bits per heavy atom. The maximum Gasteiger partial charge on any atom is 0.227 e. The number of benzene rings is 10. The summed E-state index contributed by atoms with van der Waals surface area (Å²) >= 11 is 0. The molecule has 0 aliphatic rings.